The van der Waals surface area contributed by atoms with Gasteiger partial charge in [0.05, 0.1) is 18.7 Å². The Morgan fingerprint density at radius 2 is 2.14 bits per heavy atom. The fourth-order valence-corrected chi connectivity index (χ4v) is 2.72. The van der Waals surface area contributed by atoms with Gasteiger partial charge >= 0.3 is 5.97 Å². The van der Waals surface area contributed by atoms with Crippen LogP contribution in [0.3, 0.4) is 0 Å². The minimum Gasteiger partial charge on any atom is -0.469 e. The molecule has 1 aromatic rings. The summed E-state index contributed by atoms with van der Waals surface area (Å²) in [5.41, 5.74) is 1.14. The van der Waals surface area contributed by atoms with E-state index in [1.165, 1.54) is 7.11 Å². The van der Waals surface area contributed by atoms with Crippen LogP contribution in [-0.2, 0) is 9.53 Å². The van der Waals surface area contributed by atoms with Crippen molar-refractivity contribution in [1.82, 2.24) is 10.1 Å². The van der Waals surface area contributed by atoms with Crippen LogP contribution in [0.4, 0.5) is 0 Å². The average molecular weight is 294 g/mol. The molecule has 1 fully saturated rings. The summed E-state index contributed by atoms with van der Waals surface area (Å²) in [6.45, 7) is 6.74. The van der Waals surface area contributed by atoms with Crippen LogP contribution < -0.4 is 0 Å². The molecule has 0 N–H and O–H groups in total. The molecule has 0 aliphatic carbocycles. The maximum absolute atomic E-state index is 12.7. The van der Waals surface area contributed by atoms with Crippen molar-refractivity contribution < 1.29 is 18.8 Å². The van der Waals surface area contributed by atoms with Gasteiger partial charge in [-0.25, -0.2) is 0 Å². The van der Waals surface area contributed by atoms with Gasteiger partial charge in [0, 0.05) is 19.0 Å². The van der Waals surface area contributed by atoms with Gasteiger partial charge in [0.15, 0.2) is 5.76 Å². The van der Waals surface area contributed by atoms with Gasteiger partial charge in [0.1, 0.15) is 5.56 Å². The number of methoxy groups -OCH3 is 1. The van der Waals surface area contributed by atoms with Gasteiger partial charge in [0.25, 0.3) is 5.91 Å². The van der Waals surface area contributed by atoms with Gasteiger partial charge in [-0.3, -0.25) is 9.59 Å². The van der Waals surface area contributed by atoms with E-state index in [4.69, 9.17) is 9.26 Å². The molecule has 0 spiro atoms. The third-order valence-electron chi connectivity index (χ3n) is 3.87. The van der Waals surface area contributed by atoms with E-state index in [0.29, 0.717) is 30.1 Å². The smallest absolute Gasteiger partial charge is 0.310 e. The maximum atomic E-state index is 12.7. The fourth-order valence-electron chi connectivity index (χ4n) is 2.72. The highest BCUT2D eigenvalue weighted by molar-refractivity contribution is 5.96. The first-order valence-corrected chi connectivity index (χ1v) is 7.29. The summed E-state index contributed by atoms with van der Waals surface area (Å²) < 4.78 is 10.1. The Bertz CT molecular complexity index is 536. The second-order valence-corrected chi connectivity index (χ2v) is 5.78. The lowest BCUT2D eigenvalue weighted by atomic mass is 9.96. The van der Waals surface area contributed by atoms with Crippen LogP contribution in [0, 0.1) is 12.8 Å². The first kappa shape index (κ1) is 15.5. The molecule has 1 aliphatic rings. The van der Waals surface area contributed by atoms with Crippen molar-refractivity contribution in [2.45, 2.75) is 39.5 Å². The molecule has 6 heteroatoms. The lowest BCUT2D eigenvalue weighted by Gasteiger charge is -2.31. The first-order valence-electron chi connectivity index (χ1n) is 7.29. The van der Waals surface area contributed by atoms with Crippen LogP contribution in [0.2, 0.25) is 0 Å². The zero-order chi connectivity index (χ0) is 15.6. The molecule has 21 heavy (non-hydrogen) atoms. The van der Waals surface area contributed by atoms with Crippen molar-refractivity contribution in [2.75, 3.05) is 20.2 Å². The highest BCUT2D eigenvalue weighted by atomic mass is 16.5. The number of hydrogen-bond donors (Lipinski definition) is 0. The highest BCUT2D eigenvalue weighted by Crippen LogP contribution is 2.26. The lowest BCUT2D eigenvalue weighted by molar-refractivity contribution is -0.146. The van der Waals surface area contributed by atoms with Gasteiger partial charge < -0.3 is 14.2 Å². The van der Waals surface area contributed by atoms with Crippen LogP contribution in [-0.4, -0.2) is 42.1 Å². The van der Waals surface area contributed by atoms with Crippen molar-refractivity contribution in [3.05, 3.63) is 17.0 Å². The van der Waals surface area contributed by atoms with E-state index >= 15 is 0 Å². The lowest BCUT2D eigenvalue weighted by Crippen LogP contribution is -2.43. The van der Waals surface area contributed by atoms with E-state index in [2.05, 4.69) is 5.16 Å². The summed E-state index contributed by atoms with van der Waals surface area (Å²) in [5, 5.41) is 3.91. The summed E-state index contributed by atoms with van der Waals surface area (Å²) >= 11 is 0. The van der Waals surface area contributed by atoms with E-state index in [1.807, 2.05) is 13.8 Å². The molecule has 116 valence electrons. The van der Waals surface area contributed by atoms with Gasteiger partial charge in [-0.1, -0.05) is 19.0 Å². The van der Waals surface area contributed by atoms with Crippen molar-refractivity contribution in [1.29, 1.82) is 0 Å². The number of rotatable bonds is 3. The summed E-state index contributed by atoms with van der Waals surface area (Å²) in [7, 11) is 1.38. The zero-order valence-electron chi connectivity index (χ0n) is 13.0. The molecule has 0 aromatic carbocycles. The van der Waals surface area contributed by atoms with Crippen molar-refractivity contribution in [3.8, 4) is 0 Å². The quantitative estimate of drug-likeness (QED) is 0.798. The average Bonchev–Trinajstić information content (AvgIpc) is 2.87. The van der Waals surface area contributed by atoms with E-state index in [1.54, 1.807) is 11.8 Å². The zero-order valence-corrected chi connectivity index (χ0v) is 13.0. The second kappa shape index (κ2) is 6.28. The minimum absolute atomic E-state index is 0.0892. The van der Waals surface area contributed by atoms with E-state index in [-0.39, 0.29) is 23.7 Å². The van der Waals surface area contributed by atoms with Gasteiger partial charge in [0.2, 0.25) is 0 Å². The maximum Gasteiger partial charge on any atom is 0.310 e. The monoisotopic (exact) mass is 294 g/mol. The second-order valence-electron chi connectivity index (χ2n) is 5.78. The van der Waals surface area contributed by atoms with E-state index < -0.39 is 0 Å². The Morgan fingerprint density at radius 1 is 1.43 bits per heavy atom. The molecule has 0 bridgehead atoms. The third-order valence-corrected chi connectivity index (χ3v) is 3.87. The summed E-state index contributed by atoms with van der Waals surface area (Å²) in [4.78, 5) is 26.1. The van der Waals surface area contributed by atoms with Crippen LogP contribution in [0.25, 0.3) is 0 Å². The molecule has 1 aliphatic heterocycles. The molecule has 0 unspecified atom stereocenters. The molecule has 0 radical (unpaired) electrons. The largest absolute Gasteiger partial charge is 0.469 e. The topological polar surface area (TPSA) is 72.6 Å². The number of hydrogen-bond acceptors (Lipinski definition) is 5. The Labute approximate surface area is 124 Å². The molecule has 1 saturated heterocycles. The van der Waals surface area contributed by atoms with Crippen LogP contribution in [0.15, 0.2) is 4.52 Å². The predicted molar refractivity (Wildman–Crippen MR) is 76.0 cm³/mol. The van der Waals surface area contributed by atoms with Crippen LogP contribution in [0.1, 0.15) is 54.4 Å². The Hall–Kier alpha value is -1.85. The molecule has 2 rings (SSSR count). The predicted octanol–water partition coefficient (Wildman–Crippen LogP) is 2.13. The highest BCUT2D eigenvalue weighted by Gasteiger charge is 2.32. The number of aryl methyl sites for hydroxylation is 1. The summed E-state index contributed by atoms with van der Waals surface area (Å²) in [6, 6.07) is 0. The fraction of sp³-hybridized carbons (Fsp3) is 0.667. The number of amides is 1. The summed E-state index contributed by atoms with van der Waals surface area (Å²) in [5.74, 6) is 0.101. The standard InChI is InChI=1S/C15H22N2O4/c1-9(2)13-12(10(3)16-21-13)14(18)17-7-5-6-11(8-17)15(19)20-4/h9,11H,5-8H2,1-4H3/t11-/m0/s1. The van der Waals surface area contributed by atoms with E-state index in [0.717, 1.165) is 12.8 Å². The number of likely N-dealkylation sites (tertiary alicyclic amines) is 1. The molecule has 1 amide bonds. The molecule has 1 aromatic heterocycles. The SMILES string of the molecule is COC(=O)[C@H]1CCCN(C(=O)c2c(C)noc2C(C)C)C1. The molecule has 2 heterocycles. The Kier molecular flexibility index (Phi) is 4.65. The molecule has 1 atom stereocenters. The van der Waals surface area contributed by atoms with Crippen molar-refractivity contribution in [2.24, 2.45) is 5.92 Å². The number of nitrogens with zero attached hydrogens (tertiary/aromatic N) is 2. The number of ether oxygens (including phenoxy) is 1. The Balaban J connectivity index is 2.20. The van der Waals surface area contributed by atoms with E-state index in [9.17, 15) is 9.59 Å². The number of piperidine rings is 1. The molecular formula is C15H22N2O4. The van der Waals surface area contributed by atoms with Crippen LogP contribution >= 0.6 is 0 Å². The van der Waals surface area contributed by atoms with Crippen molar-refractivity contribution >= 4 is 11.9 Å². The third kappa shape index (κ3) is 3.09. The molecular weight excluding hydrogens is 272 g/mol. The van der Waals surface area contributed by atoms with Gasteiger partial charge in [-0.15, -0.1) is 0 Å². The first-order chi connectivity index (χ1) is 9.95. The number of esters is 1. The van der Waals surface area contributed by atoms with Gasteiger partial charge in [-0.05, 0) is 19.8 Å². The Morgan fingerprint density at radius 3 is 2.76 bits per heavy atom. The number of carbonyl (C=O) groups is 2. The van der Waals surface area contributed by atoms with Crippen LogP contribution in [0.5, 0.6) is 0 Å². The summed E-state index contributed by atoms with van der Waals surface area (Å²) in [6.07, 6.45) is 1.56. The van der Waals surface area contributed by atoms with Crippen molar-refractivity contribution in [3.63, 3.8) is 0 Å². The normalized spacial score (nSPS) is 18.9. The number of aromatic nitrogens is 1. The number of carbonyl (C=O) groups excluding carboxylic acids is 2. The van der Waals surface area contributed by atoms with Gasteiger partial charge in [-0.2, -0.15) is 0 Å². The molecule has 6 nitrogen and oxygen atoms in total. The molecule has 0 saturated carbocycles. The minimum atomic E-state index is -0.251.